The Hall–Kier alpha value is -3.29. The lowest BCUT2D eigenvalue weighted by Gasteiger charge is -2.14. The molecule has 7 heteroatoms. The molecule has 31 heavy (non-hydrogen) atoms. The SMILES string of the molecule is COc1cc(NC(=O)c2cc3ccccc3c(Br)c2OC)ccc1-c1ccc(CO)o1. The van der Waals surface area contributed by atoms with E-state index in [1.54, 1.807) is 43.5 Å². The van der Waals surface area contributed by atoms with E-state index in [0.717, 1.165) is 15.2 Å². The maximum Gasteiger partial charge on any atom is 0.259 e. The van der Waals surface area contributed by atoms with Gasteiger partial charge in [-0.15, -0.1) is 0 Å². The fourth-order valence-corrected chi connectivity index (χ4v) is 4.17. The predicted octanol–water partition coefficient (Wildman–Crippen LogP) is 5.62. The minimum absolute atomic E-state index is 0.181. The molecule has 0 spiro atoms. The van der Waals surface area contributed by atoms with Crippen molar-refractivity contribution in [3.63, 3.8) is 0 Å². The highest BCUT2D eigenvalue weighted by molar-refractivity contribution is 9.10. The Morgan fingerprint density at radius 2 is 1.87 bits per heavy atom. The van der Waals surface area contributed by atoms with E-state index in [0.29, 0.717) is 39.8 Å². The Balaban J connectivity index is 1.67. The van der Waals surface area contributed by atoms with Crippen molar-refractivity contribution >= 4 is 38.3 Å². The second-order valence-electron chi connectivity index (χ2n) is 6.79. The van der Waals surface area contributed by atoms with Gasteiger partial charge in [-0.2, -0.15) is 0 Å². The fourth-order valence-electron chi connectivity index (χ4n) is 3.43. The second-order valence-corrected chi connectivity index (χ2v) is 7.58. The first kappa shape index (κ1) is 21.0. The van der Waals surface area contributed by atoms with Gasteiger partial charge in [-0.1, -0.05) is 24.3 Å². The third-order valence-electron chi connectivity index (χ3n) is 4.93. The number of carbonyl (C=O) groups is 1. The number of ether oxygens (including phenoxy) is 2. The number of halogens is 1. The van der Waals surface area contributed by atoms with Crippen LogP contribution in [0.25, 0.3) is 22.1 Å². The monoisotopic (exact) mass is 481 g/mol. The number of aliphatic hydroxyl groups is 1. The van der Waals surface area contributed by atoms with E-state index in [9.17, 15) is 9.90 Å². The van der Waals surface area contributed by atoms with E-state index < -0.39 is 0 Å². The number of benzene rings is 3. The van der Waals surface area contributed by atoms with Gasteiger partial charge >= 0.3 is 0 Å². The average molecular weight is 482 g/mol. The summed E-state index contributed by atoms with van der Waals surface area (Å²) in [6.07, 6.45) is 0. The smallest absolute Gasteiger partial charge is 0.259 e. The standard InChI is InChI=1S/C24H20BrNO5/c1-29-21-12-15(7-9-18(21)20-10-8-16(13-27)31-20)26-24(28)19-11-14-5-3-4-6-17(14)22(25)23(19)30-2/h3-12,27H,13H2,1-2H3,(H,26,28). The molecule has 6 nitrogen and oxygen atoms in total. The number of hydrogen-bond donors (Lipinski definition) is 2. The molecule has 0 saturated heterocycles. The number of hydrogen-bond acceptors (Lipinski definition) is 5. The molecule has 0 unspecified atom stereocenters. The summed E-state index contributed by atoms with van der Waals surface area (Å²) >= 11 is 3.56. The molecule has 0 aliphatic carbocycles. The van der Waals surface area contributed by atoms with Crippen LogP contribution in [0.4, 0.5) is 5.69 Å². The van der Waals surface area contributed by atoms with E-state index in [4.69, 9.17) is 13.9 Å². The van der Waals surface area contributed by atoms with Crippen LogP contribution in [0.5, 0.6) is 11.5 Å². The molecule has 0 radical (unpaired) electrons. The molecular weight excluding hydrogens is 462 g/mol. The first-order chi connectivity index (χ1) is 15.0. The number of anilines is 1. The summed E-state index contributed by atoms with van der Waals surface area (Å²) in [7, 11) is 3.08. The molecule has 4 rings (SSSR count). The van der Waals surface area contributed by atoms with Crippen LogP contribution in [0.15, 0.2) is 69.6 Å². The van der Waals surface area contributed by atoms with Crippen molar-refractivity contribution in [1.29, 1.82) is 0 Å². The number of carbonyl (C=O) groups excluding carboxylic acids is 1. The first-order valence-corrected chi connectivity index (χ1v) is 10.3. The maximum absolute atomic E-state index is 13.1. The van der Waals surface area contributed by atoms with Crippen LogP contribution in [0.3, 0.4) is 0 Å². The summed E-state index contributed by atoms with van der Waals surface area (Å²) in [6.45, 7) is -0.181. The number of methoxy groups -OCH3 is 2. The van der Waals surface area contributed by atoms with E-state index in [1.165, 1.54) is 7.11 Å². The van der Waals surface area contributed by atoms with Gasteiger partial charge in [0.2, 0.25) is 0 Å². The number of fused-ring (bicyclic) bond motifs is 1. The zero-order valence-electron chi connectivity index (χ0n) is 16.9. The van der Waals surface area contributed by atoms with Gasteiger partial charge in [0, 0.05) is 11.8 Å². The highest BCUT2D eigenvalue weighted by atomic mass is 79.9. The molecule has 0 aliphatic heterocycles. The Bertz CT molecular complexity index is 1260. The number of aliphatic hydroxyl groups excluding tert-OH is 1. The number of nitrogens with one attached hydrogen (secondary N) is 1. The van der Waals surface area contributed by atoms with Gasteiger partial charge in [0.25, 0.3) is 5.91 Å². The molecule has 1 amide bonds. The van der Waals surface area contributed by atoms with Gasteiger partial charge in [0.1, 0.15) is 29.6 Å². The molecule has 158 valence electrons. The van der Waals surface area contributed by atoms with Crippen LogP contribution >= 0.6 is 15.9 Å². The van der Waals surface area contributed by atoms with Gasteiger partial charge in [0.15, 0.2) is 0 Å². The first-order valence-electron chi connectivity index (χ1n) is 9.50. The highest BCUT2D eigenvalue weighted by Gasteiger charge is 2.19. The Morgan fingerprint density at radius 3 is 2.58 bits per heavy atom. The van der Waals surface area contributed by atoms with Crippen LogP contribution in [-0.2, 0) is 6.61 Å². The molecule has 4 aromatic rings. The zero-order valence-corrected chi connectivity index (χ0v) is 18.5. The molecule has 0 bridgehead atoms. The molecule has 0 saturated carbocycles. The van der Waals surface area contributed by atoms with E-state index >= 15 is 0 Å². The van der Waals surface area contributed by atoms with Crippen LogP contribution in [0, 0.1) is 0 Å². The molecule has 3 aromatic carbocycles. The van der Waals surface area contributed by atoms with Gasteiger partial charge < -0.3 is 24.3 Å². The third kappa shape index (κ3) is 4.02. The van der Waals surface area contributed by atoms with Gasteiger partial charge in [-0.3, -0.25) is 4.79 Å². The van der Waals surface area contributed by atoms with Crippen molar-refractivity contribution in [3.05, 3.63) is 76.5 Å². The lowest BCUT2D eigenvalue weighted by atomic mass is 10.0. The Kier molecular flexibility index (Phi) is 5.97. The van der Waals surface area contributed by atoms with Gasteiger partial charge in [-0.25, -0.2) is 0 Å². The average Bonchev–Trinajstić information content (AvgIpc) is 3.28. The number of rotatable bonds is 6. The van der Waals surface area contributed by atoms with E-state index in [2.05, 4.69) is 21.2 Å². The Labute approximate surface area is 187 Å². The van der Waals surface area contributed by atoms with Crippen LogP contribution in [0.2, 0.25) is 0 Å². The number of amides is 1. The molecule has 0 aliphatic rings. The molecule has 0 atom stereocenters. The van der Waals surface area contributed by atoms with E-state index in [-0.39, 0.29) is 12.5 Å². The van der Waals surface area contributed by atoms with Crippen LogP contribution in [-0.4, -0.2) is 25.2 Å². The predicted molar refractivity (Wildman–Crippen MR) is 123 cm³/mol. The minimum Gasteiger partial charge on any atom is -0.496 e. The molecular formula is C24H20BrNO5. The summed E-state index contributed by atoms with van der Waals surface area (Å²) in [5.41, 5.74) is 1.69. The normalized spacial score (nSPS) is 10.8. The van der Waals surface area contributed by atoms with Crippen molar-refractivity contribution in [2.24, 2.45) is 0 Å². The summed E-state index contributed by atoms with van der Waals surface area (Å²) < 4.78 is 17.3. The summed E-state index contributed by atoms with van der Waals surface area (Å²) in [4.78, 5) is 13.1. The molecule has 1 aromatic heterocycles. The van der Waals surface area contributed by atoms with Crippen molar-refractivity contribution < 1.29 is 23.8 Å². The summed E-state index contributed by atoms with van der Waals surface area (Å²) in [6, 6.07) is 18.3. The van der Waals surface area contributed by atoms with Gasteiger partial charge in [0.05, 0.1) is 29.8 Å². The van der Waals surface area contributed by atoms with Crippen molar-refractivity contribution in [1.82, 2.24) is 0 Å². The maximum atomic E-state index is 13.1. The third-order valence-corrected chi connectivity index (χ3v) is 5.72. The lowest BCUT2D eigenvalue weighted by molar-refractivity contribution is 0.102. The molecule has 0 fully saturated rings. The highest BCUT2D eigenvalue weighted by Crippen LogP contribution is 2.38. The number of furan rings is 1. The Morgan fingerprint density at radius 1 is 1.06 bits per heavy atom. The fraction of sp³-hybridized carbons (Fsp3) is 0.125. The zero-order chi connectivity index (χ0) is 22.0. The largest absolute Gasteiger partial charge is 0.496 e. The van der Waals surface area contributed by atoms with E-state index in [1.807, 2.05) is 24.3 Å². The minimum atomic E-state index is -0.307. The summed E-state index contributed by atoms with van der Waals surface area (Å²) in [5, 5.41) is 14.0. The topological polar surface area (TPSA) is 80.9 Å². The van der Waals surface area contributed by atoms with Crippen molar-refractivity contribution in [3.8, 4) is 22.8 Å². The molecule has 2 N–H and O–H groups in total. The van der Waals surface area contributed by atoms with Crippen molar-refractivity contribution in [2.45, 2.75) is 6.61 Å². The quantitative estimate of drug-likeness (QED) is 0.373. The summed E-state index contributed by atoms with van der Waals surface area (Å²) in [5.74, 6) is 1.72. The van der Waals surface area contributed by atoms with Gasteiger partial charge in [-0.05, 0) is 57.0 Å². The van der Waals surface area contributed by atoms with Crippen molar-refractivity contribution in [2.75, 3.05) is 19.5 Å². The van der Waals surface area contributed by atoms with Crippen LogP contribution in [0.1, 0.15) is 16.1 Å². The second kappa shape index (κ2) is 8.83. The van der Waals surface area contributed by atoms with Crippen LogP contribution < -0.4 is 14.8 Å². The molecule has 1 heterocycles. The lowest BCUT2D eigenvalue weighted by Crippen LogP contribution is -2.13.